The van der Waals surface area contributed by atoms with E-state index in [1.807, 2.05) is 30.3 Å². The first-order valence-electron chi connectivity index (χ1n) is 13.3. The third-order valence-electron chi connectivity index (χ3n) is 6.64. The molecule has 1 atom stereocenters. The topological polar surface area (TPSA) is 105 Å². The van der Waals surface area contributed by atoms with E-state index in [4.69, 9.17) is 9.47 Å². The van der Waals surface area contributed by atoms with E-state index in [1.54, 1.807) is 80.8 Å². The minimum atomic E-state index is -4.16. The molecule has 4 aromatic rings. The van der Waals surface area contributed by atoms with E-state index in [9.17, 15) is 18.0 Å². The summed E-state index contributed by atoms with van der Waals surface area (Å²) in [6.07, 6.45) is 0. The third-order valence-corrected chi connectivity index (χ3v) is 8.43. The molecule has 0 spiro atoms. The van der Waals surface area contributed by atoms with Crippen LogP contribution < -0.4 is 19.1 Å². The Morgan fingerprint density at radius 3 is 1.90 bits per heavy atom. The average Bonchev–Trinajstić information content (AvgIpc) is 3.03. The predicted octanol–water partition coefficient (Wildman–Crippen LogP) is 4.85. The molecule has 0 aliphatic rings. The van der Waals surface area contributed by atoms with Crippen LogP contribution in [0.3, 0.4) is 0 Å². The zero-order valence-corrected chi connectivity index (χ0v) is 24.5. The predicted molar refractivity (Wildman–Crippen MR) is 161 cm³/mol. The molecule has 0 heterocycles. The molecule has 4 rings (SSSR count). The van der Waals surface area contributed by atoms with Gasteiger partial charge in [0.05, 0.1) is 17.7 Å². The van der Waals surface area contributed by atoms with Crippen molar-refractivity contribution in [3.63, 3.8) is 0 Å². The molecule has 0 radical (unpaired) electrons. The quantitative estimate of drug-likeness (QED) is 0.254. The standard InChI is InChI=1S/C32H33N3O6S/c1-24(32(37)33-2)34(22-25-14-18-27(40-3)19-15-25)31(36)23-35(42(38,39)30-12-8-5-9-13-30)26-16-20-29(21-17-26)41-28-10-6-4-7-11-28/h4-21,24H,22-23H2,1-3H3,(H,33,37)/t24-/m1/s1. The second-order valence-corrected chi connectivity index (χ2v) is 11.3. The van der Waals surface area contributed by atoms with E-state index >= 15 is 0 Å². The second-order valence-electron chi connectivity index (χ2n) is 9.39. The van der Waals surface area contributed by atoms with Crippen molar-refractivity contribution in [2.75, 3.05) is 25.0 Å². The number of hydrogen-bond acceptors (Lipinski definition) is 6. The molecular weight excluding hydrogens is 554 g/mol. The van der Waals surface area contributed by atoms with Gasteiger partial charge in [-0.15, -0.1) is 0 Å². The van der Waals surface area contributed by atoms with Gasteiger partial charge < -0.3 is 19.7 Å². The molecule has 0 fully saturated rings. The van der Waals surface area contributed by atoms with E-state index in [-0.39, 0.29) is 23.0 Å². The van der Waals surface area contributed by atoms with E-state index in [2.05, 4.69) is 5.32 Å². The lowest BCUT2D eigenvalue weighted by Gasteiger charge is -2.31. The Hall–Kier alpha value is -4.83. The maximum Gasteiger partial charge on any atom is 0.264 e. The Kier molecular flexibility index (Phi) is 9.82. The fourth-order valence-electron chi connectivity index (χ4n) is 4.27. The normalized spacial score (nSPS) is 11.7. The van der Waals surface area contributed by atoms with Gasteiger partial charge in [-0.3, -0.25) is 13.9 Å². The van der Waals surface area contributed by atoms with Crippen LogP contribution in [0.1, 0.15) is 12.5 Å². The van der Waals surface area contributed by atoms with Gasteiger partial charge in [-0.05, 0) is 73.2 Å². The molecule has 0 bridgehead atoms. The summed E-state index contributed by atoms with van der Waals surface area (Å²) in [6, 6.07) is 29.8. The molecule has 0 saturated carbocycles. The van der Waals surface area contributed by atoms with Crippen LogP contribution in [-0.2, 0) is 26.2 Å². The summed E-state index contributed by atoms with van der Waals surface area (Å²) in [6.45, 7) is 1.15. The second kappa shape index (κ2) is 13.7. The van der Waals surface area contributed by atoms with Crippen LogP contribution in [0.15, 0.2) is 114 Å². The molecule has 10 heteroatoms. The van der Waals surface area contributed by atoms with Crippen LogP contribution in [0.5, 0.6) is 17.2 Å². The van der Waals surface area contributed by atoms with Crippen LogP contribution in [0, 0.1) is 0 Å². The molecule has 2 amide bonds. The highest BCUT2D eigenvalue weighted by molar-refractivity contribution is 7.92. The van der Waals surface area contributed by atoms with Crippen molar-refractivity contribution in [3.8, 4) is 17.2 Å². The largest absolute Gasteiger partial charge is 0.497 e. The molecular formula is C32H33N3O6S. The number of hydrogen-bond donors (Lipinski definition) is 1. The summed E-state index contributed by atoms with van der Waals surface area (Å²) in [5.74, 6) is 0.854. The number of rotatable bonds is 12. The Labute approximate surface area is 246 Å². The number of anilines is 1. The van der Waals surface area contributed by atoms with E-state index < -0.39 is 28.5 Å². The number of likely N-dealkylation sites (N-methyl/N-ethyl adjacent to an activating group) is 1. The maximum atomic E-state index is 13.9. The monoisotopic (exact) mass is 587 g/mol. The first-order chi connectivity index (χ1) is 20.2. The van der Waals surface area contributed by atoms with Crippen LogP contribution >= 0.6 is 0 Å². The van der Waals surface area contributed by atoms with Crippen molar-refractivity contribution in [3.05, 3.63) is 115 Å². The highest BCUT2D eigenvalue weighted by atomic mass is 32.2. The number of nitrogens with one attached hydrogen (secondary N) is 1. The zero-order valence-electron chi connectivity index (χ0n) is 23.6. The lowest BCUT2D eigenvalue weighted by molar-refractivity contribution is -0.139. The first-order valence-corrected chi connectivity index (χ1v) is 14.7. The Morgan fingerprint density at radius 1 is 0.786 bits per heavy atom. The van der Waals surface area contributed by atoms with Gasteiger partial charge in [0, 0.05) is 13.6 Å². The fourth-order valence-corrected chi connectivity index (χ4v) is 5.71. The molecule has 218 valence electrons. The third kappa shape index (κ3) is 7.27. The van der Waals surface area contributed by atoms with Crippen molar-refractivity contribution in [2.24, 2.45) is 0 Å². The van der Waals surface area contributed by atoms with E-state index in [0.717, 1.165) is 9.87 Å². The number of carbonyl (C=O) groups excluding carboxylic acids is 2. The van der Waals surface area contributed by atoms with E-state index in [0.29, 0.717) is 17.2 Å². The number of nitrogens with zero attached hydrogens (tertiary/aromatic N) is 2. The molecule has 1 N–H and O–H groups in total. The van der Waals surface area contributed by atoms with Crippen molar-refractivity contribution >= 4 is 27.5 Å². The van der Waals surface area contributed by atoms with Gasteiger partial charge in [0.1, 0.15) is 29.8 Å². The van der Waals surface area contributed by atoms with Gasteiger partial charge in [0.2, 0.25) is 11.8 Å². The number of sulfonamides is 1. The number of methoxy groups -OCH3 is 1. The Morgan fingerprint density at radius 2 is 1.33 bits per heavy atom. The summed E-state index contributed by atoms with van der Waals surface area (Å²) in [5, 5.41) is 2.57. The van der Waals surface area contributed by atoms with Crippen LogP contribution in [0.25, 0.3) is 0 Å². The van der Waals surface area contributed by atoms with Gasteiger partial charge >= 0.3 is 0 Å². The van der Waals surface area contributed by atoms with Crippen LogP contribution in [0.2, 0.25) is 0 Å². The molecule has 42 heavy (non-hydrogen) atoms. The molecule has 0 aromatic heterocycles. The summed E-state index contributed by atoms with van der Waals surface area (Å²) in [7, 11) is -1.12. The van der Waals surface area contributed by atoms with Crippen molar-refractivity contribution in [2.45, 2.75) is 24.4 Å². The Balaban J connectivity index is 1.68. The van der Waals surface area contributed by atoms with Crippen LogP contribution in [-0.4, -0.2) is 51.9 Å². The molecule has 9 nitrogen and oxygen atoms in total. The van der Waals surface area contributed by atoms with Crippen molar-refractivity contribution in [1.29, 1.82) is 0 Å². The first kappa shape index (κ1) is 30.1. The lowest BCUT2D eigenvalue weighted by atomic mass is 10.1. The van der Waals surface area contributed by atoms with Crippen molar-refractivity contribution < 1.29 is 27.5 Å². The molecule has 0 aliphatic heterocycles. The van der Waals surface area contributed by atoms with Crippen molar-refractivity contribution in [1.82, 2.24) is 10.2 Å². The molecule has 0 saturated heterocycles. The number of ether oxygens (including phenoxy) is 2. The zero-order chi connectivity index (χ0) is 30.1. The minimum Gasteiger partial charge on any atom is -0.497 e. The number of para-hydroxylation sites is 1. The SMILES string of the molecule is CNC(=O)[C@@H](C)N(Cc1ccc(OC)cc1)C(=O)CN(c1ccc(Oc2ccccc2)cc1)S(=O)(=O)c1ccccc1. The van der Waals surface area contributed by atoms with Gasteiger partial charge in [-0.1, -0.05) is 48.5 Å². The summed E-state index contributed by atoms with van der Waals surface area (Å²) >= 11 is 0. The smallest absolute Gasteiger partial charge is 0.264 e. The van der Waals surface area contributed by atoms with Gasteiger partial charge in [-0.2, -0.15) is 0 Å². The molecule has 4 aromatic carbocycles. The lowest BCUT2D eigenvalue weighted by Crippen LogP contribution is -2.50. The number of amides is 2. The maximum absolute atomic E-state index is 13.9. The van der Waals surface area contributed by atoms with Gasteiger partial charge in [0.25, 0.3) is 10.0 Å². The fraction of sp³-hybridized carbons (Fsp3) is 0.188. The number of benzene rings is 4. The molecule has 0 aliphatic carbocycles. The Bertz CT molecular complexity index is 1580. The van der Waals surface area contributed by atoms with Crippen LogP contribution in [0.4, 0.5) is 5.69 Å². The summed E-state index contributed by atoms with van der Waals surface area (Å²) < 4.78 is 39.9. The number of carbonyl (C=O) groups is 2. The summed E-state index contributed by atoms with van der Waals surface area (Å²) in [4.78, 5) is 27.9. The van der Waals surface area contributed by atoms with E-state index in [1.165, 1.54) is 24.1 Å². The minimum absolute atomic E-state index is 0.0310. The highest BCUT2D eigenvalue weighted by Crippen LogP contribution is 2.28. The molecule has 0 unspecified atom stereocenters. The van der Waals surface area contributed by atoms with Gasteiger partial charge in [-0.25, -0.2) is 8.42 Å². The summed E-state index contributed by atoms with van der Waals surface area (Å²) in [5.41, 5.74) is 1.02. The highest BCUT2D eigenvalue weighted by Gasteiger charge is 2.32. The average molecular weight is 588 g/mol. The van der Waals surface area contributed by atoms with Gasteiger partial charge in [0.15, 0.2) is 0 Å².